The van der Waals surface area contributed by atoms with E-state index in [-0.39, 0.29) is 29.0 Å². The average molecular weight is 392 g/mol. The first-order valence-corrected chi connectivity index (χ1v) is 9.64. The second-order valence-corrected chi connectivity index (χ2v) is 7.48. The molecule has 150 valence electrons. The van der Waals surface area contributed by atoms with Crippen molar-refractivity contribution in [1.29, 1.82) is 0 Å². The Hall–Kier alpha value is -3.55. The Morgan fingerprint density at radius 2 is 2.07 bits per heavy atom. The summed E-state index contributed by atoms with van der Waals surface area (Å²) in [6.07, 6.45) is 6.65. The molecule has 1 saturated carbocycles. The zero-order valence-electron chi connectivity index (χ0n) is 16.0. The summed E-state index contributed by atoms with van der Waals surface area (Å²) in [5.74, 6) is -0.0438. The van der Waals surface area contributed by atoms with Gasteiger partial charge in [-0.15, -0.1) is 0 Å². The Labute approximate surface area is 168 Å². The molecular weight excluding hydrogens is 368 g/mol. The molecule has 1 aliphatic heterocycles. The van der Waals surface area contributed by atoms with Crippen LogP contribution < -0.4 is 21.7 Å². The molecule has 8 heteroatoms. The zero-order valence-corrected chi connectivity index (χ0v) is 16.0. The van der Waals surface area contributed by atoms with Crippen molar-refractivity contribution in [1.82, 2.24) is 25.7 Å². The molecule has 1 aliphatic carbocycles. The van der Waals surface area contributed by atoms with E-state index in [2.05, 4.69) is 46.0 Å². The highest BCUT2D eigenvalue weighted by Crippen LogP contribution is 2.34. The van der Waals surface area contributed by atoms with Crippen molar-refractivity contribution in [2.24, 2.45) is 5.73 Å². The predicted molar refractivity (Wildman–Crippen MR) is 108 cm³/mol. The number of benzene rings is 1. The van der Waals surface area contributed by atoms with E-state index in [1.807, 2.05) is 29.1 Å². The molecule has 1 aromatic carbocycles. The lowest BCUT2D eigenvalue weighted by molar-refractivity contribution is -0.118. The first-order chi connectivity index (χ1) is 14.0. The fourth-order valence-electron chi connectivity index (χ4n) is 3.87. The Morgan fingerprint density at radius 1 is 1.28 bits per heavy atom. The van der Waals surface area contributed by atoms with Gasteiger partial charge in [0.25, 0.3) is 5.91 Å². The molecule has 4 rings (SSSR count). The molecule has 29 heavy (non-hydrogen) atoms. The summed E-state index contributed by atoms with van der Waals surface area (Å²) in [6, 6.07) is 9.71. The topological polar surface area (TPSA) is 114 Å². The lowest BCUT2D eigenvalue weighted by atomic mass is 10.0. The molecule has 0 saturated heterocycles. The van der Waals surface area contributed by atoms with E-state index >= 15 is 0 Å². The van der Waals surface area contributed by atoms with Gasteiger partial charge in [-0.1, -0.05) is 36.9 Å². The second-order valence-electron chi connectivity index (χ2n) is 7.48. The number of rotatable bonds is 5. The number of amides is 3. The van der Waals surface area contributed by atoms with Crippen LogP contribution in [-0.4, -0.2) is 27.8 Å². The summed E-state index contributed by atoms with van der Waals surface area (Å²) in [7, 11) is 0. The van der Waals surface area contributed by atoms with Gasteiger partial charge in [-0.3, -0.25) is 9.48 Å². The quantitative estimate of drug-likeness (QED) is 0.620. The molecule has 2 aliphatic rings. The van der Waals surface area contributed by atoms with E-state index in [0.717, 1.165) is 25.8 Å². The number of nitrogens with two attached hydrogens (primary N) is 1. The third kappa shape index (κ3) is 4.16. The van der Waals surface area contributed by atoms with Gasteiger partial charge in [0.1, 0.15) is 5.70 Å². The molecule has 1 aromatic heterocycles. The van der Waals surface area contributed by atoms with E-state index in [9.17, 15) is 9.59 Å². The molecular formula is C21H24N6O2. The maximum Gasteiger partial charge on any atom is 0.323 e. The fraction of sp³-hybridized carbons (Fsp3) is 0.286. The summed E-state index contributed by atoms with van der Waals surface area (Å²) >= 11 is 0. The smallest absolute Gasteiger partial charge is 0.323 e. The SMILES string of the molecule is C=C1NC(=O)NC(C(=O)NC2CCC(c3cnn(Cc4ccccc4)c3)C2)=C1N. The van der Waals surface area contributed by atoms with Crippen molar-refractivity contribution in [2.75, 3.05) is 0 Å². The van der Waals surface area contributed by atoms with Crippen LogP contribution in [0.5, 0.6) is 0 Å². The zero-order chi connectivity index (χ0) is 20.4. The molecule has 2 heterocycles. The Bertz CT molecular complexity index is 978. The molecule has 2 atom stereocenters. The van der Waals surface area contributed by atoms with Crippen LogP contribution in [0.15, 0.2) is 66.4 Å². The maximum atomic E-state index is 12.6. The molecule has 5 N–H and O–H groups in total. The molecule has 0 radical (unpaired) electrons. The largest absolute Gasteiger partial charge is 0.395 e. The van der Waals surface area contributed by atoms with Crippen LogP contribution in [0, 0.1) is 0 Å². The first-order valence-electron chi connectivity index (χ1n) is 9.64. The predicted octanol–water partition coefficient (Wildman–Crippen LogP) is 1.68. The number of hydrogen-bond acceptors (Lipinski definition) is 4. The van der Waals surface area contributed by atoms with Gasteiger partial charge in [-0.05, 0) is 36.3 Å². The van der Waals surface area contributed by atoms with Gasteiger partial charge in [0.05, 0.1) is 24.1 Å². The van der Waals surface area contributed by atoms with Crippen molar-refractivity contribution in [3.05, 3.63) is 77.5 Å². The van der Waals surface area contributed by atoms with Crippen molar-refractivity contribution < 1.29 is 9.59 Å². The highest BCUT2D eigenvalue weighted by Gasteiger charge is 2.30. The highest BCUT2D eigenvalue weighted by atomic mass is 16.2. The second kappa shape index (κ2) is 7.83. The number of nitrogens with zero attached hydrogens (tertiary/aromatic N) is 2. The van der Waals surface area contributed by atoms with Crippen molar-refractivity contribution >= 4 is 11.9 Å². The Morgan fingerprint density at radius 3 is 2.86 bits per heavy atom. The third-order valence-electron chi connectivity index (χ3n) is 5.40. The highest BCUT2D eigenvalue weighted by molar-refractivity contribution is 6.00. The summed E-state index contributed by atoms with van der Waals surface area (Å²) in [5.41, 5.74) is 8.70. The van der Waals surface area contributed by atoms with Gasteiger partial charge >= 0.3 is 6.03 Å². The van der Waals surface area contributed by atoms with E-state index < -0.39 is 6.03 Å². The third-order valence-corrected chi connectivity index (χ3v) is 5.40. The van der Waals surface area contributed by atoms with Crippen LogP contribution >= 0.6 is 0 Å². The van der Waals surface area contributed by atoms with Crippen molar-refractivity contribution in [2.45, 2.75) is 37.8 Å². The molecule has 0 spiro atoms. The van der Waals surface area contributed by atoms with E-state index in [1.165, 1.54) is 11.1 Å². The summed E-state index contributed by atoms with van der Waals surface area (Å²) in [5, 5.41) is 12.4. The minimum Gasteiger partial charge on any atom is -0.395 e. The van der Waals surface area contributed by atoms with Crippen LogP contribution in [0.4, 0.5) is 4.79 Å². The number of hydrogen-bond donors (Lipinski definition) is 4. The van der Waals surface area contributed by atoms with E-state index in [0.29, 0.717) is 5.92 Å². The van der Waals surface area contributed by atoms with Crippen molar-refractivity contribution in [3.63, 3.8) is 0 Å². The minimum atomic E-state index is -0.510. The van der Waals surface area contributed by atoms with Crippen molar-refractivity contribution in [3.8, 4) is 0 Å². The summed E-state index contributed by atoms with van der Waals surface area (Å²) in [6.45, 7) is 4.38. The van der Waals surface area contributed by atoms with E-state index in [1.54, 1.807) is 0 Å². The maximum absolute atomic E-state index is 12.6. The van der Waals surface area contributed by atoms with Crippen LogP contribution in [-0.2, 0) is 11.3 Å². The number of aromatic nitrogens is 2. The molecule has 8 nitrogen and oxygen atoms in total. The number of urea groups is 1. The standard InChI is InChI=1S/C21H24N6O2/c1-13-18(22)19(26-21(29)24-13)20(28)25-17-8-7-15(9-17)16-10-23-27(12-16)11-14-5-3-2-4-6-14/h2-6,10,12,15,17H,1,7-9,11,22H2,(H,25,28)(H2,24,26,29). The number of carbonyl (C=O) groups excluding carboxylic acids is 2. The molecule has 1 fully saturated rings. The monoisotopic (exact) mass is 392 g/mol. The number of nitrogens with one attached hydrogen (secondary N) is 3. The van der Waals surface area contributed by atoms with Gasteiger partial charge in [0, 0.05) is 12.2 Å². The van der Waals surface area contributed by atoms with Gasteiger partial charge in [-0.25, -0.2) is 4.79 Å². The summed E-state index contributed by atoms with van der Waals surface area (Å²) in [4.78, 5) is 24.1. The van der Waals surface area contributed by atoms with Crippen LogP contribution in [0.25, 0.3) is 0 Å². The van der Waals surface area contributed by atoms with Gasteiger partial charge in [0.15, 0.2) is 0 Å². The summed E-state index contributed by atoms with van der Waals surface area (Å²) < 4.78 is 1.94. The normalized spacial score (nSPS) is 21.7. The Kier molecular flexibility index (Phi) is 5.07. The average Bonchev–Trinajstić information content (AvgIpc) is 3.35. The number of carbonyl (C=O) groups is 2. The fourth-order valence-corrected chi connectivity index (χ4v) is 3.87. The molecule has 2 unspecified atom stereocenters. The molecule has 0 bridgehead atoms. The lowest BCUT2D eigenvalue weighted by Crippen LogP contribution is -2.48. The first kappa shape index (κ1) is 18.8. The minimum absolute atomic E-state index is 0.0188. The van der Waals surface area contributed by atoms with Crippen LogP contribution in [0.3, 0.4) is 0 Å². The van der Waals surface area contributed by atoms with Crippen LogP contribution in [0.2, 0.25) is 0 Å². The van der Waals surface area contributed by atoms with Gasteiger partial charge in [0.2, 0.25) is 0 Å². The molecule has 2 aromatic rings. The lowest BCUT2D eigenvalue weighted by Gasteiger charge is -2.22. The van der Waals surface area contributed by atoms with E-state index in [4.69, 9.17) is 5.73 Å². The van der Waals surface area contributed by atoms with Gasteiger partial charge < -0.3 is 21.7 Å². The Balaban J connectivity index is 1.36. The van der Waals surface area contributed by atoms with Gasteiger partial charge in [-0.2, -0.15) is 5.10 Å². The van der Waals surface area contributed by atoms with Crippen LogP contribution in [0.1, 0.15) is 36.3 Å². The molecule has 3 amide bonds.